The van der Waals surface area contributed by atoms with Crippen LogP contribution in [-0.4, -0.2) is 24.3 Å². The zero-order valence-electron chi connectivity index (χ0n) is 12.1. The molecule has 2 atom stereocenters. The third kappa shape index (κ3) is 3.69. The van der Waals surface area contributed by atoms with Gasteiger partial charge in [-0.05, 0) is 37.4 Å². The van der Waals surface area contributed by atoms with E-state index in [1.807, 2.05) is 12.1 Å². The normalized spacial score (nSPS) is 27.6. The highest BCUT2D eigenvalue weighted by Gasteiger charge is 2.36. The van der Waals surface area contributed by atoms with Crippen LogP contribution in [0.3, 0.4) is 0 Å². The van der Waals surface area contributed by atoms with E-state index in [1.54, 1.807) is 6.26 Å². The zero-order chi connectivity index (χ0) is 13.7. The quantitative estimate of drug-likeness (QED) is 0.737. The van der Waals surface area contributed by atoms with Crippen LogP contribution in [0.1, 0.15) is 45.3 Å². The van der Waals surface area contributed by atoms with Crippen LogP contribution in [0.15, 0.2) is 22.8 Å². The minimum absolute atomic E-state index is 0.139. The number of carbonyl (C=O) groups is 1. The molecule has 1 aromatic rings. The summed E-state index contributed by atoms with van der Waals surface area (Å²) in [6, 6.07) is 3.92. The maximum atomic E-state index is 11.6. The van der Waals surface area contributed by atoms with E-state index in [9.17, 15) is 4.79 Å². The Balaban J connectivity index is 2.00. The second-order valence-corrected chi connectivity index (χ2v) is 6.06. The van der Waals surface area contributed by atoms with Crippen molar-refractivity contribution in [2.45, 2.75) is 46.1 Å². The minimum Gasteiger partial charge on any atom is -0.468 e. The van der Waals surface area contributed by atoms with Crippen molar-refractivity contribution in [3.63, 3.8) is 0 Å². The maximum absolute atomic E-state index is 11.6. The van der Waals surface area contributed by atoms with Crippen molar-refractivity contribution >= 4 is 6.29 Å². The summed E-state index contributed by atoms with van der Waals surface area (Å²) in [5.41, 5.74) is -0.139. The van der Waals surface area contributed by atoms with Gasteiger partial charge in [-0.15, -0.1) is 0 Å². The summed E-state index contributed by atoms with van der Waals surface area (Å²) in [5.74, 6) is 1.65. The molecule has 0 saturated heterocycles. The molecule has 1 aromatic heterocycles. The van der Waals surface area contributed by atoms with Crippen LogP contribution in [0.4, 0.5) is 0 Å². The summed E-state index contributed by atoms with van der Waals surface area (Å²) in [6.07, 6.45) is 7.44. The predicted octanol–water partition coefficient (Wildman–Crippen LogP) is 3.50. The molecule has 1 fully saturated rings. The van der Waals surface area contributed by atoms with E-state index in [4.69, 9.17) is 4.42 Å². The lowest BCUT2D eigenvalue weighted by Gasteiger charge is -2.39. The first kappa shape index (κ1) is 14.3. The Morgan fingerprint density at radius 2 is 2.42 bits per heavy atom. The molecule has 0 spiro atoms. The first-order valence-electron chi connectivity index (χ1n) is 7.38. The fourth-order valence-corrected chi connectivity index (χ4v) is 3.34. The SMILES string of the molecule is CCN(Cc1ccco1)CC1(C=O)CCCC(C)C1. The smallest absolute Gasteiger partial charge is 0.127 e. The molecule has 19 heavy (non-hydrogen) atoms. The maximum Gasteiger partial charge on any atom is 0.127 e. The van der Waals surface area contributed by atoms with Crippen LogP contribution in [0, 0.1) is 11.3 Å². The first-order valence-corrected chi connectivity index (χ1v) is 7.38. The molecule has 1 saturated carbocycles. The molecule has 3 heteroatoms. The number of hydrogen-bond donors (Lipinski definition) is 0. The average Bonchev–Trinajstić information content (AvgIpc) is 2.91. The van der Waals surface area contributed by atoms with Crippen molar-refractivity contribution in [2.75, 3.05) is 13.1 Å². The number of rotatable bonds is 6. The Morgan fingerprint density at radius 1 is 1.58 bits per heavy atom. The lowest BCUT2D eigenvalue weighted by molar-refractivity contribution is -0.120. The fourth-order valence-electron chi connectivity index (χ4n) is 3.34. The molecular formula is C16H25NO2. The van der Waals surface area contributed by atoms with Gasteiger partial charge >= 0.3 is 0 Å². The van der Waals surface area contributed by atoms with Crippen LogP contribution in [0.25, 0.3) is 0 Å². The molecule has 2 unspecified atom stereocenters. The van der Waals surface area contributed by atoms with E-state index in [-0.39, 0.29) is 5.41 Å². The fraction of sp³-hybridized carbons (Fsp3) is 0.688. The van der Waals surface area contributed by atoms with Crippen LogP contribution < -0.4 is 0 Å². The highest BCUT2D eigenvalue weighted by atomic mass is 16.3. The Morgan fingerprint density at radius 3 is 3.00 bits per heavy atom. The van der Waals surface area contributed by atoms with Crippen LogP contribution in [0.2, 0.25) is 0 Å². The van der Waals surface area contributed by atoms with Crippen LogP contribution in [-0.2, 0) is 11.3 Å². The summed E-state index contributed by atoms with van der Waals surface area (Å²) in [4.78, 5) is 14.0. The Labute approximate surface area is 116 Å². The van der Waals surface area contributed by atoms with E-state index in [2.05, 4.69) is 18.7 Å². The molecule has 106 valence electrons. The molecule has 0 amide bonds. The van der Waals surface area contributed by atoms with Gasteiger partial charge in [-0.1, -0.05) is 26.7 Å². The second-order valence-electron chi connectivity index (χ2n) is 6.06. The monoisotopic (exact) mass is 263 g/mol. The molecule has 1 heterocycles. The van der Waals surface area contributed by atoms with Crippen molar-refractivity contribution in [3.8, 4) is 0 Å². The summed E-state index contributed by atoms with van der Waals surface area (Å²) in [7, 11) is 0. The molecule has 0 aromatic carbocycles. The molecule has 2 rings (SSSR count). The Kier molecular flexibility index (Phi) is 4.81. The van der Waals surface area contributed by atoms with Gasteiger partial charge in [-0.3, -0.25) is 4.90 Å². The molecule has 0 N–H and O–H groups in total. The van der Waals surface area contributed by atoms with Gasteiger partial charge in [0.2, 0.25) is 0 Å². The lowest BCUT2D eigenvalue weighted by Crippen LogP contribution is -2.41. The third-order valence-corrected chi connectivity index (χ3v) is 4.32. The number of nitrogens with zero attached hydrogens (tertiary/aromatic N) is 1. The number of aldehydes is 1. The average molecular weight is 263 g/mol. The predicted molar refractivity (Wildman–Crippen MR) is 75.8 cm³/mol. The third-order valence-electron chi connectivity index (χ3n) is 4.32. The number of hydrogen-bond acceptors (Lipinski definition) is 3. The van der Waals surface area contributed by atoms with Crippen molar-refractivity contribution in [1.29, 1.82) is 0 Å². The van der Waals surface area contributed by atoms with Crippen LogP contribution >= 0.6 is 0 Å². The molecule has 0 bridgehead atoms. The van der Waals surface area contributed by atoms with E-state index in [0.717, 1.165) is 38.2 Å². The summed E-state index contributed by atoms with van der Waals surface area (Å²) in [6.45, 7) is 7.02. The molecule has 3 nitrogen and oxygen atoms in total. The van der Waals surface area contributed by atoms with Gasteiger partial charge in [0, 0.05) is 12.0 Å². The van der Waals surface area contributed by atoms with E-state index >= 15 is 0 Å². The lowest BCUT2D eigenvalue weighted by atomic mass is 9.70. The van der Waals surface area contributed by atoms with Gasteiger partial charge in [0.25, 0.3) is 0 Å². The summed E-state index contributed by atoms with van der Waals surface area (Å²) in [5, 5.41) is 0. The van der Waals surface area contributed by atoms with Gasteiger partial charge in [0.15, 0.2) is 0 Å². The molecule has 1 aliphatic rings. The largest absolute Gasteiger partial charge is 0.468 e. The van der Waals surface area contributed by atoms with Crippen molar-refractivity contribution in [3.05, 3.63) is 24.2 Å². The van der Waals surface area contributed by atoms with Gasteiger partial charge in [0.1, 0.15) is 12.0 Å². The number of carbonyl (C=O) groups excluding carboxylic acids is 1. The van der Waals surface area contributed by atoms with Gasteiger partial charge in [-0.25, -0.2) is 0 Å². The van der Waals surface area contributed by atoms with E-state index in [1.165, 1.54) is 19.1 Å². The number of furan rings is 1. The minimum atomic E-state index is -0.139. The molecule has 0 aliphatic heterocycles. The zero-order valence-corrected chi connectivity index (χ0v) is 12.1. The Bertz CT molecular complexity index is 387. The van der Waals surface area contributed by atoms with Gasteiger partial charge in [0.05, 0.1) is 12.8 Å². The van der Waals surface area contributed by atoms with E-state index < -0.39 is 0 Å². The van der Waals surface area contributed by atoms with Crippen molar-refractivity contribution < 1.29 is 9.21 Å². The summed E-state index contributed by atoms with van der Waals surface area (Å²) < 4.78 is 5.41. The first-order chi connectivity index (χ1) is 9.17. The van der Waals surface area contributed by atoms with Crippen molar-refractivity contribution in [2.24, 2.45) is 11.3 Å². The summed E-state index contributed by atoms with van der Waals surface area (Å²) >= 11 is 0. The molecule has 1 aliphatic carbocycles. The standard InChI is InChI=1S/C16H25NO2/c1-3-17(11-15-7-5-9-19-15)12-16(13-18)8-4-6-14(2)10-16/h5,7,9,13-14H,3-4,6,8,10-12H2,1-2H3. The van der Waals surface area contributed by atoms with Crippen molar-refractivity contribution in [1.82, 2.24) is 4.90 Å². The molecule has 0 radical (unpaired) electrons. The van der Waals surface area contributed by atoms with E-state index in [0.29, 0.717) is 5.92 Å². The topological polar surface area (TPSA) is 33.5 Å². The Hall–Kier alpha value is -1.09. The molecular weight excluding hydrogens is 238 g/mol. The van der Waals surface area contributed by atoms with Crippen LogP contribution in [0.5, 0.6) is 0 Å². The van der Waals surface area contributed by atoms with Gasteiger partial charge in [-0.2, -0.15) is 0 Å². The van der Waals surface area contributed by atoms with Gasteiger partial charge < -0.3 is 9.21 Å². The highest BCUT2D eigenvalue weighted by Crippen LogP contribution is 2.38. The highest BCUT2D eigenvalue weighted by molar-refractivity contribution is 5.60. The second kappa shape index (κ2) is 6.38.